The minimum Gasteiger partial charge on any atom is -0.496 e. The van der Waals surface area contributed by atoms with Gasteiger partial charge in [-0.3, -0.25) is 0 Å². The van der Waals surface area contributed by atoms with Crippen LogP contribution in [0.25, 0.3) is 0 Å². The first-order chi connectivity index (χ1) is 24.3. The van der Waals surface area contributed by atoms with E-state index < -0.39 is 14.1 Å². The Bertz CT molecular complexity index is 1360. The monoisotopic (exact) mass is 719 g/mol. The van der Waals surface area contributed by atoms with Gasteiger partial charge in [0, 0.05) is 17.0 Å². The summed E-state index contributed by atoms with van der Waals surface area (Å²) >= 11 is 0. The standard InChI is InChI=1S/C28H34FO2P.C8H11P.C7H14.CH5N/c1-7-13-26(22(8-2)20-23(29)19-18-21(3)4)32(27-16-11-9-14-24(27)30-5)28-17-12-10-15-25(28)31-6;1-9(2)8-6-4-3-5-7-8;1-2-4-6-7-5-3-1;1-2/h7-18,23H,2,19-20H2,1,3-6H3;3-7H,1-2H3;1-7H2;2H2,1H3/b13-7-,26-22-;;;. The van der Waals surface area contributed by atoms with Crippen LogP contribution in [0.1, 0.15) is 78.6 Å². The molecule has 0 spiro atoms. The number of allylic oxidation sites excluding steroid dienone is 7. The average Bonchev–Trinajstić information content (AvgIpc) is 3.48. The summed E-state index contributed by atoms with van der Waals surface area (Å²) in [5.74, 6) is 1.60. The first-order valence-electron chi connectivity index (χ1n) is 17.9. The van der Waals surface area contributed by atoms with Gasteiger partial charge in [-0.15, -0.1) is 0 Å². The van der Waals surface area contributed by atoms with E-state index in [-0.39, 0.29) is 7.92 Å². The topological polar surface area (TPSA) is 44.5 Å². The van der Waals surface area contributed by atoms with Crippen molar-refractivity contribution < 1.29 is 13.9 Å². The summed E-state index contributed by atoms with van der Waals surface area (Å²) in [7, 11) is 3.88. The molecule has 3 nitrogen and oxygen atoms in total. The van der Waals surface area contributed by atoms with Crippen molar-refractivity contribution in [1.82, 2.24) is 0 Å². The summed E-state index contributed by atoms with van der Waals surface area (Å²) in [5, 5.41) is 4.64. The van der Waals surface area contributed by atoms with E-state index >= 15 is 0 Å². The predicted octanol–water partition coefficient (Wildman–Crippen LogP) is 11.6. The second-order valence-corrected chi connectivity index (χ2v) is 16.7. The molecule has 0 aromatic heterocycles. The van der Waals surface area contributed by atoms with Crippen molar-refractivity contribution in [3.63, 3.8) is 0 Å². The third-order valence-corrected chi connectivity index (χ3v) is 12.0. The van der Waals surface area contributed by atoms with Gasteiger partial charge < -0.3 is 15.2 Å². The van der Waals surface area contributed by atoms with Crippen LogP contribution in [0.3, 0.4) is 0 Å². The highest BCUT2D eigenvalue weighted by Gasteiger charge is 2.26. The normalized spacial score (nSPS) is 13.6. The molecule has 1 saturated carbocycles. The van der Waals surface area contributed by atoms with Crippen LogP contribution in [0.2, 0.25) is 0 Å². The van der Waals surface area contributed by atoms with Crippen LogP contribution in [0, 0.1) is 0 Å². The molecule has 1 aliphatic carbocycles. The minimum absolute atomic E-state index is 0.104. The lowest BCUT2D eigenvalue weighted by molar-refractivity contribution is 0.335. The second kappa shape index (κ2) is 27.7. The summed E-state index contributed by atoms with van der Waals surface area (Å²) in [4.78, 5) is 0. The van der Waals surface area contributed by atoms with Crippen LogP contribution in [0.4, 0.5) is 4.39 Å². The molecule has 1 unspecified atom stereocenters. The zero-order chi connectivity index (χ0) is 37.1. The highest BCUT2D eigenvalue weighted by molar-refractivity contribution is 7.77. The van der Waals surface area contributed by atoms with E-state index in [9.17, 15) is 4.39 Å². The van der Waals surface area contributed by atoms with Gasteiger partial charge in [0.25, 0.3) is 0 Å². The molecule has 1 aliphatic rings. The first kappa shape index (κ1) is 45.0. The van der Waals surface area contributed by atoms with Gasteiger partial charge in [0.05, 0.1) is 14.2 Å². The Hall–Kier alpha value is -3.03. The molecule has 1 fully saturated rings. The van der Waals surface area contributed by atoms with Gasteiger partial charge in [-0.25, -0.2) is 4.39 Å². The van der Waals surface area contributed by atoms with Crippen LogP contribution in [-0.2, 0) is 0 Å². The zero-order valence-electron chi connectivity index (χ0n) is 32.1. The SMILES string of the molecule is C1CCCCCC1.C=C/C(CC(F)CC=C(C)C)=C(\C=C/C)P(c1ccccc1OC)c1ccccc1OC.CN.CP(C)c1ccccc1. The van der Waals surface area contributed by atoms with Crippen LogP contribution in [-0.4, -0.2) is 40.8 Å². The third-order valence-electron chi connectivity index (χ3n) is 8.04. The molecule has 2 N–H and O–H groups in total. The number of halogens is 1. The van der Waals surface area contributed by atoms with Gasteiger partial charge >= 0.3 is 0 Å². The number of rotatable bonds is 12. The van der Waals surface area contributed by atoms with Gasteiger partial charge in [-0.05, 0) is 83.8 Å². The van der Waals surface area contributed by atoms with E-state index in [0.717, 1.165) is 38.6 Å². The van der Waals surface area contributed by atoms with Gasteiger partial charge in [-0.2, -0.15) is 0 Å². The van der Waals surface area contributed by atoms with Crippen molar-refractivity contribution >= 4 is 31.8 Å². The third kappa shape index (κ3) is 16.8. The number of ether oxygens (including phenoxy) is 2. The summed E-state index contributed by atoms with van der Waals surface area (Å²) < 4.78 is 26.4. The zero-order valence-corrected chi connectivity index (χ0v) is 33.9. The fourth-order valence-corrected chi connectivity index (χ4v) is 9.00. The van der Waals surface area contributed by atoms with E-state index in [1.54, 1.807) is 20.3 Å². The maximum Gasteiger partial charge on any atom is 0.127 e. The van der Waals surface area contributed by atoms with Crippen LogP contribution in [0.5, 0.6) is 11.5 Å². The molecule has 0 amide bonds. The molecule has 50 heavy (non-hydrogen) atoms. The Morgan fingerprint density at radius 1 is 0.780 bits per heavy atom. The van der Waals surface area contributed by atoms with Gasteiger partial charge in [-0.1, -0.05) is 156 Å². The van der Waals surface area contributed by atoms with E-state index in [1.165, 1.54) is 57.3 Å². The van der Waals surface area contributed by atoms with Crippen molar-refractivity contribution in [3.8, 4) is 11.5 Å². The van der Waals surface area contributed by atoms with Crippen molar-refractivity contribution in [2.24, 2.45) is 5.73 Å². The molecular weight excluding hydrogens is 655 g/mol. The van der Waals surface area contributed by atoms with Crippen LogP contribution < -0.4 is 31.1 Å². The molecule has 0 bridgehead atoms. The number of alkyl halides is 1. The molecule has 1 atom stereocenters. The number of methoxy groups -OCH3 is 2. The fraction of sp³-hybridized carbons (Fsp3) is 0.409. The molecular formula is C44H64FNO2P2. The van der Waals surface area contributed by atoms with Crippen LogP contribution >= 0.6 is 15.8 Å². The first-order valence-corrected chi connectivity index (χ1v) is 21.5. The lowest BCUT2D eigenvalue weighted by Crippen LogP contribution is -2.18. The van der Waals surface area contributed by atoms with Crippen molar-refractivity contribution in [1.29, 1.82) is 0 Å². The van der Waals surface area contributed by atoms with Gasteiger partial charge in [0.15, 0.2) is 0 Å². The molecule has 274 valence electrons. The van der Waals surface area contributed by atoms with Crippen molar-refractivity contribution in [2.75, 3.05) is 34.6 Å². The minimum atomic E-state index is -1.08. The number of nitrogens with two attached hydrogens (primary N) is 1. The average molecular weight is 720 g/mol. The van der Waals surface area contributed by atoms with Crippen molar-refractivity contribution in [3.05, 3.63) is 126 Å². The van der Waals surface area contributed by atoms with Crippen molar-refractivity contribution in [2.45, 2.75) is 84.7 Å². The molecule has 0 radical (unpaired) electrons. The quantitative estimate of drug-likeness (QED) is 0.0877. The maximum absolute atomic E-state index is 15.0. The molecule has 0 heterocycles. The van der Waals surface area contributed by atoms with E-state index in [1.807, 2.05) is 69.3 Å². The van der Waals surface area contributed by atoms with Gasteiger partial charge in [0.2, 0.25) is 0 Å². The summed E-state index contributed by atoms with van der Waals surface area (Å²) in [6.45, 7) is 14.5. The van der Waals surface area contributed by atoms with Gasteiger partial charge in [0.1, 0.15) is 17.7 Å². The molecule has 4 rings (SSSR count). The summed E-state index contributed by atoms with van der Waals surface area (Å²) in [6, 6.07) is 26.7. The highest BCUT2D eigenvalue weighted by atomic mass is 31.1. The second-order valence-electron chi connectivity index (χ2n) is 12.3. The number of para-hydroxylation sites is 2. The van der Waals surface area contributed by atoms with Crippen LogP contribution in [0.15, 0.2) is 126 Å². The Morgan fingerprint density at radius 3 is 1.58 bits per heavy atom. The molecule has 3 aromatic carbocycles. The molecule has 0 aliphatic heterocycles. The number of hydrogen-bond donors (Lipinski definition) is 1. The largest absolute Gasteiger partial charge is 0.496 e. The van der Waals surface area contributed by atoms with E-state index in [4.69, 9.17) is 9.47 Å². The molecule has 3 aromatic rings. The summed E-state index contributed by atoms with van der Waals surface area (Å²) in [6.07, 6.45) is 18.0. The fourth-order valence-electron chi connectivity index (χ4n) is 5.44. The predicted molar refractivity (Wildman–Crippen MR) is 225 cm³/mol. The number of hydrogen-bond acceptors (Lipinski definition) is 3. The summed E-state index contributed by atoms with van der Waals surface area (Å²) in [5.41, 5.74) is 6.52. The molecule has 6 heteroatoms. The Morgan fingerprint density at radius 2 is 1.22 bits per heavy atom. The maximum atomic E-state index is 15.0. The highest BCUT2D eigenvalue weighted by Crippen LogP contribution is 2.50. The molecule has 0 saturated heterocycles. The van der Waals surface area contributed by atoms with E-state index in [0.29, 0.717) is 12.8 Å². The Kier molecular flexibility index (Phi) is 24.9. The number of benzene rings is 3. The smallest absolute Gasteiger partial charge is 0.127 e. The van der Waals surface area contributed by atoms with E-state index in [2.05, 4.69) is 74.2 Å². The Labute approximate surface area is 307 Å². The lowest BCUT2D eigenvalue weighted by Gasteiger charge is -2.26. The lowest BCUT2D eigenvalue weighted by atomic mass is 10.1. The Balaban J connectivity index is 0.000000559.